The van der Waals surface area contributed by atoms with Gasteiger partial charge in [-0.25, -0.2) is 0 Å². The largest absolute Gasteiger partial charge is 0.479 e. The SMILES string of the molecule is COc1nn(C)c2ccc(Br)cc12. The van der Waals surface area contributed by atoms with Crippen molar-refractivity contribution in [2.24, 2.45) is 7.05 Å². The minimum Gasteiger partial charge on any atom is -0.479 e. The molecule has 0 aliphatic carbocycles. The van der Waals surface area contributed by atoms with Crippen molar-refractivity contribution in [2.45, 2.75) is 0 Å². The summed E-state index contributed by atoms with van der Waals surface area (Å²) in [5, 5.41) is 5.25. The molecular weight excluding hydrogens is 232 g/mol. The molecule has 0 amide bonds. The zero-order valence-corrected chi connectivity index (χ0v) is 9.00. The second kappa shape index (κ2) is 3.03. The maximum Gasteiger partial charge on any atom is 0.240 e. The van der Waals surface area contributed by atoms with Crippen molar-refractivity contribution in [3.8, 4) is 5.88 Å². The topological polar surface area (TPSA) is 27.1 Å². The minimum absolute atomic E-state index is 0.666. The van der Waals surface area contributed by atoms with Crippen LogP contribution in [0, 0.1) is 0 Å². The maximum absolute atomic E-state index is 5.15. The summed E-state index contributed by atoms with van der Waals surface area (Å²) in [6.45, 7) is 0. The Bertz CT molecular complexity index is 450. The summed E-state index contributed by atoms with van der Waals surface area (Å²) in [5.74, 6) is 0.666. The third kappa shape index (κ3) is 1.31. The van der Waals surface area contributed by atoms with E-state index in [1.165, 1.54) is 0 Å². The molecule has 3 nitrogen and oxygen atoms in total. The second-order valence-corrected chi connectivity index (χ2v) is 3.71. The van der Waals surface area contributed by atoms with Crippen molar-refractivity contribution in [3.63, 3.8) is 0 Å². The van der Waals surface area contributed by atoms with Crippen LogP contribution in [0.25, 0.3) is 10.9 Å². The Hall–Kier alpha value is -1.03. The van der Waals surface area contributed by atoms with E-state index in [-0.39, 0.29) is 0 Å². The molecular formula is C9H9BrN2O. The Morgan fingerprint density at radius 3 is 2.92 bits per heavy atom. The molecule has 0 unspecified atom stereocenters. The summed E-state index contributed by atoms with van der Waals surface area (Å²) < 4.78 is 7.99. The number of aryl methyl sites for hydroxylation is 1. The molecule has 0 radical (unpaired) electrons. The van der Waals surface area contributed by atoms with E-state index in [9.17, 15) is 0 Å². The third-order valence-corrected chi connectivity index (χ3v) is 2.47. The number of halogens is 1. The Morgan fingerprint density at radius 2 is 2.23 bits per heavy atom. The zero-order valence-electron chi connectivity index (χ0n) is 7.41. The highest BCUT2D eigenvalue weighted by Crippen LogP contribution is 2.26. The van der Waals surface area contributed by atoms with E-state index < -0.39 is 0 Å². The molecule has 0 saturated heterocycles. The highest BCUT2D eigenvalue weighted by molar-refractivity contribution is 9.10. The predicted octanol–water partition coefficient (Wildman–Crippen LogP) is 2.34. The number of benzene rings is 1. The van der Waals surface area contributed by atoms with E-state index in [2.05, 4.69) is 21.0 Å². The van der Waals surface area contributed by atoms with Crippen molar-refractivity contribution < 1.29 is 4.74 Å². The van der Waals surface area contributed by atoms with Gasteiger partial charge in [-0.3, -0.25) is 4.68 Å². The van der Waals surface area contributed by atoms with Gasteiger partial charge in [0.05, 0.1) is 18.0 Å². The molecule has 0 aliphatic heterocycles. The molecule has 13 heavy (non-hydrogen) atoms. The highest BCUT2D eigenvalue weighted by Gasteiger charge is 2.07. The van der Waals surface area contributed by atoms with E-state index in [4.69, 9.17) is 4.74 Å². The number of fused-ring (bicyclic) bond motifs is 1. The normalized spacial score (nSPS) is 10.7. The average Bonchev–Trinajstić information content (AvgIpc) is 2.42. The van der Waals surface area contributed by atoms with E-state index >= 15 is 0 Å². The number of aromatic nitrogens is 2. The number of hydrogen-bond donors (Lipinski definition) is 0. The van der Waals surface area contributed by atoms with Crippen LogP contribution in [0.1, 0.15) is 0 Å². The molecule has 2 aromatic rings. The number of ether oxygens (including phenoxy) is 1. The van der Waals surface area contributed by atoms with Gasteiger partial charge in [0, 0.05) is 11.5 Å². The van der Waals surface area contributed by atoms with Crippen LogP contribution in [0.4, 0.5) is 0 Å². The van der Waals surface area contributed by atoms with Crippen LogP contribution in [0.3, 0.4) is 0 Å². The summed E-state index contributed by atoms with van der Waals surface area (Å²) in [4.78, 5) is 0. The van der Waals surface area contributed by atoms with Gasteiger partial charge >= 0.3 is 0 Å². The first-order valence-corrected chi connectivity index (χ1v) is 4.68. The van der Waals surface area contributed by atoms with Crippen molar-refractivity contribution in [3.05, 3.63) is 22.7 Å². The van der Waals surface area contributed by atoms with Gasteiger partial charge in [-0.15, -0.1) is 5.10 Å². The number of hydrogen-bond acceptors (Lipinski definition) is 2. The van der Waals surface area contributed by atoms with Crippen molar-refractivity contribution in [2.75, 3.05) is 7.11 Å². The summed E-state index contributed by atoms with van der Waals surface area (Å²) >= 11 is 3.41. The molecule has 0 atom stereocenters. The van der Waals surface area contributed by atoms with Crippen molar-refractivity contribution >= 4 is 26.8 Å². The molecule has 2 rings (SSSR count). The van der Waals surface area contributed by atoms with Gasteiger partial charge in [0.15, 0.2) is 0 Å². The fourth-order valence-electron chi connectivity index (χ4n) is 1.36. The maximum atomic E-state index is 5.15. The van der Waals surface area contributed by atoms with Crippen LogP contribution < -0.4 is 4.74 Å². The summed E-state index contributed by atoms with van der Waals surface area (Å²) in [6, 6.07) is 6.00. The fraction of sp³-hybridized carbons (Fsp3) is 0.222. The Morgan fingerprint density at radius 1 is 1.46 bits per heavy atom. The molecule has 0 fully saturated rings. The van der Waals surface area contributed by atoms with Crippen LogP contribution in [0.2, 0.25) is 0 Å². The Kier molecular flexibility index (Phi) is 2.00. The van der Waals surface area contributed by atoms with Crippen LogP contribution in [0.15, 0.2) is 22.7 Å². The molecule has 0 saturated carbocycles. The van der Waals surface area contributed by atoms with E-state index in [1.807, 2.05) is 25.2 Å². The highest BCUT2D eigenvalue weighted by atomic mass is 79.9. The van der Waals surface area contributed by atoms with Crippen LogP contribution in [0.5, 0.6) is 5.88 Å². The van der Waals surface area contributed by atoms with Gasteiger partial charge in [-0.2, -0.15) is 0 Å². The fourth-order valence-corrected chi connectivity index (χ4v) is 1.72. The van der Waals surface area contributed by atoms with Crippen molar-refractivity contribution in [1.82, 2.24) is 9.78 Å². The lowest BCUT2D eigenvalue weighted by Crippen LogP contribution is -1.89. The molecule has 68 valence electrons. The second-order valence-electron chi connectivity index (χ2n) is 2.79. The first-order valence-electron chi connectivity index (χ1n) is 3.88. The monoisotopic (exact) mass is 240 g/mol. The van der Waals surface area contributed by atoms with E-state index in [0.717, 1.165) is 15.4 Å². The number of rotatable bonds is 1. The Labute approximate surface area is 84.4 Å². The van der Waals surface area contributed by atoms with Crippen LogP contribution in [-0.4, -0.2) is 16.9 Å². The molecule has 0 bridgehead atoms. The van der Waals surface area contributed by atoms with Crippen molar-refractivity contribution in [1.29, 1.82) is 0 Å². The Balaban J connectivity index is 2.81. The molecule has 0 spiro atoms. The minimum atomic E-state index is 0.666. The molecule has 1 heterocycles. The lowest BCUT2D eigenvalue weighted by Gasteiger charge is -1.94. The number of nitrogens with zero attached hydrogens (tertiary/aromatic N) is 2. The molecule has 1 aromatic carbocycles. The lowest BCUT2D eigenvalue weighted by molar-refractivity contribution is 0.396. The standard InChI is InChI=1S/C9H9BrN2O/c1-12-8-4-3-6(10)5-7(8)9(11-12)13-2/h3-5H,1-2H3. The van der Waals surface area contributed by atoms with Gasteiger partial charge in [-0.05, 0) is 18.2 Å². The molecule has 0 aliphatic rings. The van der Waals surface area contributed by atoms with E-state index in [1.54, 1.807) is 11.8 Å². The quantitative estimate of drug-likeness (QED) is 0.766. The zero-order chi connectivity index (χ0) is 9.42. The smallest absolute Gasteiger partial charge is 0.240 e. The molecule has 4 heteroatoms. The van der Waals surface area contributed by atoms with Gasteiger partial charge in [0.1, 0.15) is 0 Å². The summed E-state index contributed by atoms with van der Waals surface area (Å²) in [6.07, 6.45) is 0. The first kappa shape index (κ1) is 8.56. The lowest BCUT2D eigenvalue weighted by atomic mass is 10.2. The van der Waals surface area contributed by atoms with Crippen LogP contribution in [-0.2, 0) is 7.05 Å². The first-order chi connectivity index (χ1) is 6.22. The van der Waals surface area contributed by atoms with Gasteiger partial charge < -0.3 is 4.74 Å². The van der Waals surface area contributed by atoms with Crippen LogP contribution >= 0.6 is 15.9 Å². The predicted molar refractivity (Wildman–Crippen MR) is 55.0 cm³/mol. The summed E-state index contributed by atoms with van der Waals surface area (Å²) in [7, 11) is 3.53. The van der Waals surface area contributed by atoms with Gasteiger partial charge in [0.2, 0.25) is 5.88 Å². The molecule has 1 aromatic heterocycles. The molecule has 0 N–H and O–H groups in total. The third-order valence-electron chi connectivity index (χ3n) is 1.97. The average molecular weight is 241 g/mol. The van der Waals surface area contributed by atoms with E-state index in [0.29, 0.717) is 5.88 Å². The van der Waals surface area contributed by atoms with Gasteiger partial charge in [-0.1, -0.05) is 15.9 Å². The van der Waals surface area contributed by atoms with Gasteiger partial charge in [0.25, 0.3) is 0 Å². The summed E-state index contributed by atoms with van der Waals surface area (Å²) in [5.41, 5.74) is 1.07. The number of methoxy groups -OCH3 is 1.